The van der Waals surface area contributed by atoms with Crippen LogP contribution in [-0.2, 0) is 6.54 Å². The molecular weight excluding hydrogens is 354 g/mol. The minimum absolute atomic E-state index is 0.246. The molecule has 26 heavy (non-hydrogen) atoms. The highest BCUT2D eigenvalue weighted by atomic mass is 35.5. The molecule has 0 spiro atoms. The Hall–Kier alpha value is -2.60. The maximum atomic E-state index is 12.5. The molecule has 3 N–H and O–H groups in total. The molecule has 0 unspecified atom stereocenters. The van der Waals surface area contributed by atoms with Gasteiger partial charge in [-0.25, -0.2) is 0 Å². The van der Waals surface area contributed by atoms with Crippen LogP contribution in [0, 0.1) is 0 Å². The molecule has 140 valence electrons. The van der Waals surface area contributed by atoms with Gasteiger partial charge in [-0.1, -0.05) is 11.6 Å². The van der Waals surface area contributed by atoms with Crippen molar-refractivity contribution in [2.75, 3.05) is 38.4 Å². The number of carbonyl (C=O) groups is 1. The van der Waals surface area contributed by atoms with Crippen LogP contribution < -0.4 is 25.4 Å². The van der Waals surface area contributed by atoms with E-state index >= 15 is 0 Å². The zero-order valence-electron chi connectivity index (χ0n) is 15.4. The van der Waals surface area contributed by atoms with Gasteiger partial charge < -0.3 is 25.4 Å². The van der Waals surface area contributed by atoms with E-state index in [4.69, 9.17) is 26.8 Å². The lowest BCUT2D eigenvalue weighted by atomic mass is 10.1. The molecule has 0 bridgehead atoms. The summed E-state index contributed by atoms with van der Waals surface area (Å²) in [6.45, 7) is 3.07. The van der Waals surface area contributed by atoms with Gasteiger partial charge in [-0.15, -0.1) is 0 Å². The number of hydrogen-bond donors (Lipinski definition) is 2. The summed E-state index contributed by atoms with van der Waals surface area (Å²) in [5.74, 6) is 0.944. The van der Waals surface area contributed by atoms with Crippen LogP contribution >= 0.6 is 11.6 Å². The van der Waals surface area contributed by atoms with Gasteiger partial charge in [-0.3, -0.25) is 4.79 Å². The molecule has 0 aromatic heterocycles. The van der Waals surface area contributed by atoms with Crippen LogP contribution in [0.1, 0.15) is 22.8 Å². The van der Waals surface area contributed by atoms with Gasteiger partial charge in [0.15, 0.2) is 0 Å². The number of benzene rings is 2. The third-order valence-corrected chi connectivity index (χ3v) is 4.48. The molecule has 0 radical (unpaired) electrons. The highest BCUT2D eigenvalue weighted by Crippen LogP contribution is 2.34. The number of nitrogens with two attached hydrogens (primary N) is 1. The number of methoxy groups -OCH3 is 2. The third kappa shape index (κ3) is 4.14. The lowest BCUT2D eigenvalue weighted by molar-refractivity contribution is 0.0950. The summed E-state index contributed by atoms with van der Waals surface area (Å²) in [6, 6.07) is 8.50. The molecule has 7 heteroatoms. The highest BCUT2D eigenvalue weighted by Gasteiger charge is 2.17. The Morgan fingerprint density at radius 3 is 2.42 bits per heavy atom. The number of nitrogens with zero attached hydrogens (tertiary/aromatic N) is 1. The summed E-state index contributed by atoms with van der Waals surface area (Å²) < 4.78 is 10.6. The van der Waals surface area contributed by atoms with Crippen LogP contribution in [0.25, 0.3) is 0 Å². The van der Waals surface area contributed by atoms with Gasteiger partial charge in [0, 0.05) is 31.3 Å². The highest BCUT2D eigenvalue weighted by molar-refractivity contribution is 6.32. The summed E-state index contributed by atoms with van der Waals surface area (Å²) >= 11 is 6.10. The van der Waals surface area contributed by atoms with E-state index in [0.717, 1.165) is 17.8 Å². The van der Waals surface area contributed by atoms with Crippen molar-refractivity contribution in [3.05, 3.63) is 46.5 Å². The monoisotopic (exact) mass is 377 g/mol. The number of anilines is 2. The van der Waals surface area contributed by atoms with E-state index in [2.05, 4.69) is 5.32 Å². The van der Waals surface area contributed by atoms with Gasteiger partial charge in [0.25, 0.3) is 5.91 Å². The van der Waals surface area contributed by atoms with Crippen molar-refractivity contribution in [3.8, 4) is 11.5 Å². The van der Waals surface area contributed by atoms with Crippen LogP contribution in [0.4, 0.5) is 11.4 Å². The molecule has 0 heterocycles. The van der Waals surface area contributed by atoms with E-state index in [1.54, 1.807) is 37.4 Å². The van der Waals surface area contributed by atoms with Crippen molar-refractivity contribution >= 4 is 28.9 Å². The Bertz CT molecular complexity index is 796. The van der Waals surface area contributed by atoms with E-state index in [1.807, 2.05) is 18.9 Å². The Morgan fingerprint density at radius 2 is 1.85 bits per heavy atom. The smallest absolute Gasteiger partial charge is 0.251 e. The second-order valence-electron chi connectivity index (χ2n) is 5.73. The fourth-order valence-corrected chi connectivity index (χ4v) is 2.94. The maximum Gasteiger partial charge on any atom is 0.251 e. The topological polar surface area (TPSA) is 76.8 Å². The van der Waals surface area contributed by atoms with E-state index in [1.165, 1.54) is 7.11 Å². The van der Waals surface area contributed by atoms with Crippen LogP contribution in [0.3, 0.4) is 0 Å². The van der Waals surface area contributed by atoms with E-state index in [-0.39, 0.29) is 12.5 Å². The second kappa shape index (κ2) is 8.67. The third-order valence-electron chi connectivity index (χ3n) is 4.19. The van der Waals surface area contributed by atoms with Crippen molar-refractivity contribution in [1.82, 2.24) is 5.32 Å². The van der Waals surface area contributed by atoms with Crippen molar-refractivity contribution < 1.29 is 14.3 Å². The lowest BCUT2D eigenvalue weighted by Gasteiger charge is -2.24. The minimum Gasteiger partial charge on any atom is -0.496 e. The largest absolute Gasteiger partial charge is 0.496 e. The molecule has 0 aliphatic heterocycles. The van der Waals surface area contributed by atoms with Gasteiger partial charge in [-0.05, 0) is 37.3 Å². The Kier molecular flexibility index (Phi) is 6.58. The average Bonchev–Trinajstić information content (AvgIpc) is 2.65. The zero-order chi connectivity index (χ0) is 19.3. The Morgan fingerprint density at radius 1 is 1.19 bits per heavy atom. The van der Waals surface area contributed by atoms with E-state index in [9.17, 15) is 4.79 Å². The number of halogens is 1. The average molecular weight is 378 g/mol. The van der Waals surface area contributed by atoms with E-state index < -0.39 is 0 Å². The molecule has 0 aliphatic carbocycles. The first-order valence-corrected chi connectivity index (χ1v) is 8.58. The predicted molar refractivity (Wildman–Crippen MR) is 106 cm³/mol. The molecule has 0 atom stereocenters. The number of carbonyl (C=O) groups excluding carboxylic acids is 1. The molecule has 6 nitrogen and oxygen atoms in total. The van der Waals surface area contributed by atoms with Gasteiger partial charge in [0.05, 0.1) is 30.6 Å². The Labute approximate surface area is 158 Å². The number of nitrogens with one attached hydrogen (secondary N) is 1. The van der Waals surface area contributed by atoms with Crippen LogP contribution in [0.15, 0.2) is 30.3 Å². The fourth-order valence-electron chi connectivity index (χ4n) is 2.69. The number of amides is 1. The first-order chi connectivity index (χ1) is 12.4. The van der Waals surface area contributed by atoms with Gasteiger partial charge in [0.2, 0.25) is 0 Å². The standard InChI is InChI=1S/C19H24ClN3O3/c1-5-23(2)18-13(16(25-3)9-7-15(18)21)11-22-19(24)12-6-8-17(26-4)14(20)10-12/h6-10H,5,11,21H2,1-4H3,(H,22,24). The molecule has 1 amide bonds. The van der Waals surface area contributed by atoms with Crippen molar-refractivity contribution in [2.45, 2.75) is 13.5 Å². The van der Waals surface area contributed by atoms with Gasteiger partial charge in [0.1, 0.15) is 11.5 Å². The van der Waals surface area contributed by atoms with Crippen LogP contribution in [-0.4, -0.2) is 33.7 Å². The quantitative estimate of drug-likeness (QED) is 0.724. The zero-order valence-corrected chi connectivity index (χ0v) is 16.2. The molecule has 2 aromatic carbocycles. The molecule has 0 fully saturated rings. The molecular formula is C19H24ClN3O3. The maximum absolute atomic E-state index is 12.5. The molecule has 2 aromatic rings. The second-order valence-corrected chi connectivity index (χ2v) is 6.14. The summed E-state index contributed by atoms with van der Waals surface area (Å²) in [5.41, 5.74) is 8.90. The lowest BCUT2D eigenvalue weighted by Crippen LogP contribution is -2.26. The van der Waals surface area contributed by atoms with E-state index in [0.29, 0.717) is 27.8 Å². The van der Waals surface area contributed by atoms with Crippen LogP contribution in [0.5, 0.6) is 11.5 Å². The SMILES string of the molecule is CCN(C)c1c(N)ccc(OC)c1CNC(=O)c1ccc(OC)c(Cl)c1. The minimum atomic E-state index is -0.246. The molecule has 0 saturated heterocycles. The molecule has 2 rings (SSSR count). The molecule has 0 aliphatic rings. The normalized spacial score (nSPS) is 10.3. The fraction of sp³-hybridized carbons (Fsp3) is 0.316. The van der Waals surface area contributed by atoms with Gasteiger partial charge in [-0.2, -0.15) is 0 Å². The van der Waals surface area contributed by atoms with Crippen molar-refractivity contribution in [3.63, 3.8) is 0 Å². The van der Waals surface area contributed by atoms with Crippen molar-refractivity contribution in [2.24, 2.45) is 0 Å². The summed E-state index contributed by atoms with van der Waals surface area (Å²) in [6.07, 6.45) is 0. The molecule has 0 saturated carbocycles. The number of hydrogen-bond acceptors (Lipinski definition) is 5. The summed E-state index contributed by atoms with van der Waals surface area (Å²) in [4.78, 5) is 14.5. The Balaban J connectivity index is 2.27. The van der Waals surface area contributed by atoms with Crippen molar-refractivity contribution in [1.29, 1.82) is 0 Å². The number of ether oxygens (including phenoxy) is 2. The predicted octanol–water partition coefficient (Wildman–Crippen LogP) is 3.33. The van der Waals surface area contributed by atoms with Gasteiger partial charge >= 0.3 is 0 Å². The summed E-state index contributed by atoms with van der Waals surface area (Å²) in [5, 5.41) is 3.28. The summed E-state index contributed by atoms with van der Waals surface area (Å²) in [7, 11) is 5.06. The number of rotatable bonds is 7. The first kappa shape index (κ1) is 19.7. The van der Waals surface area contributed by atoms with Crippen LogP contribution in [0.2, 0.25) is 5.02 Å². The first-order valence-electron chi connectivity index (χ1n) is 8.21. The number of nitrogen functional groups attached to an aromatic ring is 1.